The van der Waals surface area contributed by atoms with Crippen molar-refractivity contribution in [2.45, 2.75) is 6.43 Å². The number of rotatable bonds is 3. The first kappa shape index (κ1) is 13.2. The number of methoxy groups -OCH3 is 1. The molecule has 0 spiro atoms. The summed E-state index contributed by atoms with van der Waals surface area (Å²) in [7, 11) is 0.937. The molecule has 0 radical (unpaired) electrons. The minimum atomic E-state index is -3.25. The Morgan fingerprint density at radius 2 is 2.24 bits per heavy atom. The maximum atomic E-state index is 12.7. The van der Waals surface area contributed by atoms with E-state index in [0.717, 1.165) is 7.11 Å². The molecule has 1 aromatic heterocycles. The van der Waals surface area contributed by atoms with Gasteiger partial charge in [0.2, 0.25) is 0 Å². The smallest absolute Gasteiger partial charge is 0.341 e. The number of carbonyl (C=O) groups is 1. The molecule has 92 valence electrons. The number of nitrogens with zero attached hydrogens (tertiary/aromatic N) is 2. The zero-order valence-corrected chi connectivity index (χ0v) is 9.07. The van der Waals surface area contributed by atoms with E-state index in [2.05, 4.69) is 9.72 Å². The Hall–Kier alpha value is -1.83. The van der Waals surface area contributed by atoms with Gasteiger partial charge in [0.05, 0.1) is 12.0 Å². The number of nitro groups is 1. The fraction of sp³-hybridized carbons (Fsp3) is 0.250. The first-order valence-electron chi connectivity index (χ1n) is 4.09. The Balaban J connectivity index is 3.60. The van der Waals surface area contributed by atoms with Crippen LogP contribution in [0.3, 0.4) is 0 Å². The second-order valence-corrected chi connectivity index (χ2v) is 3.13. The number of alkyl halides is 2. The summed E-state index contributed by atoms with van der Waals surface area (Å²) in [6.45, 7) is 0. The van der Waals surface area contributed by atoms with Gasteiger partial charge >= 0.3 is 5.97 Å². The molecule has 0 aliphatic rings. The lowest BCUT2D eigenvalue weighted by atomic mass is 10.1. The Morgan fingerprint density at radius 1 is 1.65 bits per heavy atom. The van der Waals surface area contributed by atoms with Gasteiger partial charge in [0, 0.05) is 0 Å². The maximum Gasteiger partial charge on any atom is 0.341 e. The number of ether oxygens (including phenoxy) is 1. The summed E-state index contributed by atoms with van der Waals surface area (Å²) in [5, 5.41) is 9.97. The highest BCUT2D eigenvalue weighted by Crippen LogP contribution is 2.34. The molecule has 0 atom stereocenters. The van der Waals surface area contributed by atoms with E-state index < -0.39 is 39.3 Å². The minimum absolute atomic E-state index is 0.566. The normalized spacial score (nSPS) is 10.4. The summed E-state index contributed by atoms with van der Waals surface area (Å²) in [5.41, 5.74) is -2.87. The summed E-state index contributed by atoms with van der Waals surface area (Å²) >= 11 is 5.46. The minimum Gasteiger partial charge on any atom is -0.465 e. The van der Waals surface area contributed by atoms with Crippen LogP contribution in [0, 0.1) is 10.1 Å². The molecule has 1 rings (SSSR count). The number of aromatic nitrogens is 1. The number of hydrogen-bond acceptors (Lipinski definition) is 5. The van der Waals surface area contributed by atoms with Crippen molar-refractivity contribution in [3.63, 3.8) is 0 Å². The summed E-state index contributed by atoms with van der Waals surface area (Å²) < 4.78 is 29.7. The van der Waals surface area contributed by atoms with Crippen molar-refractivity contribution < 1.29 is 23.2 Å². The third-order valence-electron chi connectivity index (χ3n) is 1.86. The summed E-state index contributed by atoms with van der Waals surface area (Å²) in [5.74, 6) is -1.21. The predicted octanol–water partition coefficient (Wildman–Crippen LogP) is 2.37. The van der Waals surface area contributed by atoms with Crippen LogP contribution < -0.4 is 0 Å². The topological polar surface area (TPSA) is 82.3 Å². The molecule has 0 saturated carbocycles. The third-order valence-corrected chi connectivity index (χ3v) is 2.14. The van der Waals surface area contributed by atoms with Crippen molar-refractivity contribution in [1.29, 1.82) is 0 Å². The maximum absolute atomic E-state index is 12.7. The molecule has 0 fully saturated rings. The van der Waals surface area contributed by atoms with E-state index in [1.807, 2.05) is 0 Å². The molecule has 17 heavy (non-hydrogen) atoms. The summed E-state index contributed by atoms with van der Waals surface area (Å²) in [4.78, 5) is 24.0. The Kier molecular flexibility index (Phi) is 3.89. The van der Waals surface area contributed by atoms with Crippen LogP contribution in [0.25, 0.3) is 0 Å². The number of halogens is 3. The molecule has 0 bridgehead atoms. The number of hydrogen-bond donors (Lipinski definition) is 0. The van der Waals surface area contributed by atoms with E-state index in [0.29, 0.717) is 6.20 Å². The van der Waals surface area contributed by atoms with E-state index in [-0.39, 0.29) is 0 Å². The van der Waals surface area contributed by atoms with Crippen molar-refractivity contribution in [1.82, 2.24) is 4.98 Å². The van der Waals surface area contributed by atoms with E-state index in [1.54, 1.807) is 0 Å². The van der Waals surface area contributed by atoms with E-state index in [1.165, 1.54) is 0 Å². The highest BCUT2D eigenvalue weighted by atomic mass is 35.5. The average molecular weight is 267 g/mol. The van der Waals surface area contributed by atoms with E-state index >= 15 is 0 Å². The Bertz CT molecular complexity index is 481. The largest absolute Gasteiger partial charge is 0.465 e. The molecule has 0 N–H and O–H groups in total. The summed E-state index contributed by atoms with van der Waals surface area (Å²) in [6, 6.07) is 0. The van der Waals surface area contributed by atoms with Crippen LogP contribution in [0.15, 0.2) is 6.20 Å². The highest BCUT2D eigenvalue weighted by molar-refractivity contribution is 6.32. The van der Waals surface area contributed by atoms with Crippen LogP contribution in [0.2, 0.25) is 5.15 Å². The van der Waals surface area contributed by atoms with Crippen LogP contribution in [-0.2, 0) is 4.74 Å². The number of esters is 1. The van der Waals surface area contributed by atoms with Gasteiger partial charge in [0.25, 0.3) is 12.1 Å². The molecule has 0 amide bonds. The zero-order valence-electron chi connectivity index (χ0n) is 8.32. The van der Waals surface area contributed by atoms with Gasteiger partial charge in [0.1, 0.15) is 22.5 Å². The van der Waals surface area contributed by atoms with Crippen molar-refractivity contribution in [2.24, 2.45) is 0 Å². The lowest BCUT2D eigenvalue weighted by Crippen LogP contribution is -2.11. The molecule has 0 unspecified atom stereocenters. The Labute approximate surface area is 98.3 Å². The van der Waals surface area contributed by atoms with Crippen LogP contribution in [-0.4, -0.2) is 23.0 Å². The lowest BCUT2D eigenvalue weighted by molar-refractivity contribution is -0.386. The fourth-order valence-electron chi connectivity index (χ4n) is 1.15. The molecule has 1 aromatic rings. The van der Waals surface area contributed by atoms with Gasteiger partial charge in [-0.2, -0.15) is 0 Å². The zero-order chi connectivity index (χ0) is 13.2. The van der Waals surface area contributed by atoms with Crippen LogP contribution in [0.1, 0.15) is 22.3 Å². The quantitative estimate of drug-likeness (QED) is 0.363. The van der Waals surface area contributed by atoms with Crippen molar-refractivity contribution in [3.8, 4) is 0 Å². The first-order chi connectivity index (χ1) is 7.90. The van der Waals surface area contributed by atoms with Gasteiger partial charge in [0.15, 0.2) is 0 Å². The van der Waals surface area contributed by atoms with Gasteiger partial charge < -0.3 is 4.74 Å². The monoisotopic (exact) mass is 266 g/mol. The molecular formula is C8H5ClF2N2O4. The number of carbonyl (C=O) groups excluding carboxylic acids is 1. The number of pyridine rings is 1. The third kappa shape index (κ3) is 2.47. The van der Waals surface area contributed by atoms with Gasteiger partial charge in [-0.25, -0.2) is 18.6 Å². The molecule has 1 heterocycles. The van der Waals surface area contributed by atoms with Crippen molar-refractivity contribution in [2.75, 3.05) is 7.11 Å². The first-order valence-corrected chi connectivity index (χ1v) is 4.47. The van der Waals surface area contributed by atoms with Crippen molar-refractivity contribution >= 4 is 23.3 Å². The van der Waals surface area contributed by atoms with Crippen molar-refractivity contribution in [3.05, 3.63) is 32.6 Å². The van der Waals surface area contributed by atoms with Crippen LogP contribution in [0.5, 0.6) is 0 Å². The van der Waals surface area contributed by atoms with Crippen LogP contribution in [0.4, 0.5) is 14.5 Å². The van der Waals surface area contributed by atoms with Gasteiger partial charge in [-0.15, -0.1) is 0 Å². The van der Waals surface area contributed by atoms with E-state index in [4.69, 9.17) is 11.6 Å². The van der Waals surface area contributed by atoms with Gasteiger partial charge in [-0.3, -0.25) is 10.1 Å². The molecule has 9 heteroatoms. The van der Waals surface area contributed by atoms with Gasteiger partial charge in [-0.1, -0.05) is 11.6 Å². The summed E-state index contributed by atoms with van der Waals surface area (Å²) in [6.07, 6.45) is -2.68. The predicted molar refractivity (Wildman–Crippen MR) is 52.2 cm³/mol. The highest BCUT2D eigenvalue weighted by Gasteiger charge is 2.32. The van der Waals surface area contributed by atoms with Crippen LogP contribution >= 0.6 is 11.6 Å². The van der Waals surface area contributed by atoms with Gasteiger partial charge in [-0.05, 0) is 0 Å². The molecule has 0 aromatic carbocycles. The Morgan fingerprint density at radius 3 is 2.65 bits per heavy atom. The van der Waals surface area contributed by atoms with E-state index in [9.17, 15) is 23.7 Å². The lowest BCUT2D eigenvalue weighted by Gasteiger charge is -2.08. The molecule has 0 aliphatic carbocycles. The fourth-order valence-corrected chi connectivity index (χ4v) is 1.38. The second kappa shape index (κ2) is 5.00. The average Bonchev–Trinajstić information content (AvgIpc) is 2.26. The molecule has 0 aliphatic heterocycles. The SMILES string of the molecule is COC(=O)c1c(Cl)ncc([N+](=O)[O-])c1C(F)F. The molecular weight excluding hydrogens is 262 g/mol. The standard InChI is InChI=1S/C8H5ClF2N2O4/c1-17-8(14)5-4(7(10)11)3(13(15)16)2-12-6(5)9/h2,7H,1H3. The molecule has 0 saturated heterocycles. The second-order valence-electron chi connectivity index (χ2n) is 2.77. The molecule has 6 nitrogen and oxygen atoms in total.